The third-order valence-corrected chi connectivity index (χ3v) is 4.12. The normalized spacial score (nSPS) is 14.9. The maximum absolute atomic E-state index is 5.51. The molecule has 0 atom stereocenters. The number of ether oxygens (including phenoxy) is 2. The average Bonchev–Trinajstić information content (AvgIpc) is 3.14. The van der Waals surface area contributed by atoms with Crippen molar-refractivity contribution >= 4 is 39.2 Å². The van der Waals surface area contributed by atoms with E-state index in [9.17, 15) is 0 Å². The monoisotopic (exact) mass is 345 g/mol. The van der Waals surface area contributed by atoms with Crippen LogP contribution in [0.5, 0.6) is 11.5 Å². The average molecular weight is 346 g/mol. The Morgan fingerprint density at radius 1 is 1.10 bits per heavy atom. The molecule has 2 N–H and O–H groups in total. The molecule has 2 aromatic carbocycles. The van der Waals surface area contributed by atoms with E-state index in [1.807, 2.05) is 30.3 Å². The summed E-state index contributed by atoms with van der Waals surface area (Å²) >= 11 is 3.52. The summed E-state index contributed by atoms with van der Waals surface area (Å²) in [5.74, 6) is 1.48. The van der Waals surface area contributed by atoms with Gasteiger partial charge in [0.25, 0.3) is 0 Å². The van der Waals surface area contributed by atoms with Crippen LogP contribution >= 0.6 is 15.9 Å². The first-order valence-electron chi connectivity index (χ1n) is 6.55. The van der Waals surface area contributed by atoms with Crippen LogP contribution in [-0.2, 0) is 0 Å². The van der Waals surface area contributed by atoms with Gasteiger partial charge in [-0.15, -0.1) is 0 Å². The minimum atomic E-state index is 0.251. The summed E-state index contributed by atoms with van der Waals surface area (Å²) in [6.07, 6.45) is 1.79. The topological polar surface area (TPSA) is 54.9 Å². The number of nitrogens with zero attached hydrogens (tertiary/aromatic N) is 1. The highest BCUT2D eigenvalue weighted by atomic mass is 79.9. The predicted molar refractivity (Wildman–Crippen MR) is 86.1 cm³/mol. The van der Waals surface area contributed by atoms with Crippen molar-refractivity contribution in [1.82, 2.24) is 0 Å². The molecule has 2 aliphatic rings. The summed E-state index contributed by atoms with van der Waals surface area (Å²) in [6, 6.07) is 9.83. The zero-order chi connectivity index (χ0) is 14.2. The third kappa shape index (κ3) is 2.21. The van der Waals surface area contributed by atoms with E-state index < -0.39 is 0 Å². The van der Waals surface area contributed by atoms with Gasteiger partial charge in [-0.25, -0.2) is 0 Å². The smallest absolute Gasteiger partial charge is 0.231 e. The van der Waals surface area contributed by atoms with Gasteiger partial charge in [-0.05, 0) is 46.3 Å². The number of nitrogens with one attached hydrogen (secondary N) is 2. The number of hydrogen-bond acceptors (Lipinski definition) is 5. The Kier molecular flexibility index (Phi) is 2.96. The van der Waals surface area contributed by atoms with Crippen molar-refractivity contribution in [3.05, 3.63) is 40.4 Å². The molecule has 0 aliphatic carbocycles. The summed E-state index contributed by atoms with van der Waals surface area (Å²) < 4.78 is 11.8. The minimum absolute atomic E-state index is 0.251. The largest absolute Gasteiger partial charge is 0.454 e. The van der Waals surface area contributed by atoms with Gasteiger partial charge in [0.05, 0.1) is 29.3 Å². The fourth-order valence-corrected chi connectivity index (χ4v) is 2.79. The highest BCUT2D eigenvalue weighted by molar-refractivity contribution is 9.10. The molecule has 2 heterocycles. The van der Waals surface area contributed by atoms with Gasteiger partial charge in [0.15, 0.2) is 11.5 Å². The Hall–Kier alpha value is -2.21. The molecule has 106 valence electrons. The molecule has 0 spiro atoms. The number of halogens is 1. The number of fused-ring (bicyclic) bond motifs is 2. The van der Waals surface area contributed by atoms with Crippen molar-refractivity contribution in [1.29, 1.82) is 0 Å². The Morgan fingerprint density at radius 2 is 2.00 bits per heavy atom. The lowest BCUT2D eigenvalue weighted by atomic mass is 10.2. The zero-order valence-corrected chi connectivity index (χ0v) is 12.6. The van der Waals surface area contributed by atoms with E-state index in [-0.39, 0.29) is 6.79 Å². The van der Waals surface area contributed by atoms with E-state index in [1.165, 1.54) is 0 Å². The highest BCUT2D eigenvalue weighted by Crippen LogP contribution is 2.39. The Balaban J connectivity index is 1.69. The Bertz CT molecular complexity index is 746. The maximum Gasteiger partial charge on any atom is 0.231 e. The zero-order valence-electron chi connectivity index (χ0n) is 11.0. The fourth-order valence-electron chi connectivity index (χ4n) is 2.38. The molecule has 0 saturated heterocycles. The molecule has 5 nitrogen and oxygen atoms in total. The van der Waals surface area contributed by atoms with E-state index in [0.717, 1.165) is 45.3 Å². The van der Waals surface area contributed by atoms with E-state index in [2.05, 4.69) is 31.6 Å². The lowest BCUT2D eigenvalue weighted by Gasteiger charge is -2.04. The van der Waals surface area contributed by atoms with Crippen LogP contribution < -0.4 is 20.1 Å². The van der Waals surface area contributed by atoms with Gasteiger partial charge in [0.1, 0.15) is 0 Å². The lowest BCUT2D eigenvalue weighted by Crippen LogP contribution is -1.98. The van der Waals surface area contributed by atoms with Gasteiger partial charge in [0, 0.05) is 10.7 Å². The summed E-state index contributed by atoms with van der Waals surface area (Å²) in [4.78, 5) is 4.53. The van der Waals surface area contributed by atoms with Crippen LogP contribution in [0.2, 0.25) is 0 Å². The molecule has 0 radical (unpaired) electrons. The fraction of sp³-hybridized carbons (Fsp3) is 0.133. The van der Waals surface area contributed by atoms with Crippen LogP contribution in [0, 0.1) is 0 Å². The van der Waals surface area contributed by atoms with Crippen molar-refractivity contribution in [2.75, 3.05) is 24.1 Å². The van der Waals surface area contributed by atoms with Crippen LogP contribution in [-0.4, -0.2) is 19.7 Å². The molecule has 0 saturated carbocycles. The number of benzene rings is 2. The maximum atomic E-state index is 5.51. The first-order chi connectivity index (χ1) is 10.3. The molecule has 0 unspecified atom stereocenters. The lowest BCUT2D eigenvalue weighted by molar-refractivity contribution is 0.174. The van der Waals surface area contributed by atoms with E-state index in [1.54, 1.807) is 6.21 Å². The molecule has 2 aromatic rings. The van der Waals surface area contributed by atoms with Crippen LogP contribution in [0.25, 0.3) is 0 Å². The van der Waals surface area contributed by atoms with E-state index >= 15 is 0 Å². The molecule has 0 fully saturated rings. The summed E-state index contributed by atoms with van der Waals surface area (Å²) in [6.45, 7) is 1.01. The molecule has 2 aliphatic heterocycles. The number of rotatable bonds is 2. The summed E-state index contributed by atoms with van der Waals surface area (Å²) in [7, 11) is 0. The molecule has 4 rings (SSSR count). The Morgan fingerprint density at radius 3 is 2.95 bits per heavy atom. The van der Waals surface area contributed by atoms with Gasteiger partial charge in [-0.1, -0.05) is 0 Å². The molecule has 0 amide bonds. The standard InChI is InChI=1S/C15H12BrN3O2/c16-11-2-4-14-15(21-8-20-14)10(11)6-17-9-1-3-12-13(5-9)19-7-18-12/h1-6,18-19H,7-8H2. The van der Waals surface area contributed by atoms with Crippen LogP contribution in [0.15, 0.2) is 39.8 Å². The second-order valence-electron chi connectivity index (χ2n) is 4.71. The first kappa shape index (κ1) is 12.5. The first-order valence-corrected chi connectivity index (χ1v) is 7.34. The van der Waals surface area contributed by atoms with E-state index in [4.69, 9.17) is 9.47 Å². The van der Waals surface area contributed by atoms with Gasteiger partial charge in [-0.2, -0.15) is 0 Å². The van der Waals surface area contributed by atoms with Crippen molar-refractivity contribution in [2.24, 2.45) is 4.99 Å². The quantitative estimate of drug-likeness (QED) is 0.814. The van der Waals surface area contributed by atoms with Gasteiger partial charge in [0.2, 0.25) is 6.79 Å². The van der Waals surface area contributed by atoms with Gasteiger partial charge in [-0.3, -0.25) is 4.99 Å². The number of hydrogen-bond donors (Lipinski definition) is 2. The second-order valence-corrected chi connectivity index (χ2v) is 5.57. The molecular formula is C15H12BrN3O2. The Labute approximate surface area is 130 Å². The van der Waals surface area contributed by atoms with Gasteiger partial charge >= 0.3 is 0 Å². The molecule has 6 heteroatoms. The molecule has 21 heavy (non-hydrogen) atoms. The van der Waals surface area contributed by atoms with Crippen molar-refractivity contribution in [3.8, 4) is 11.5 Å². The number of anilines is 2. The summed E-state index contributed by atoms with van der Waals surface area (Å²) in [5.41, 5.74) is 3.94. The number of aliphatic imine (C=N–C) groups is 1. The van der Waals surface area contributed by atoms with E-state index in [0.29, 0.717) is 0 Å². The molecule has 0 aromatic heterocycles. The van der Waals surface area contributed by atoms with Crippen molar-refractivity contribution in [2.45, 2.75) is 0 Å². The predicted octanol–water partition coefficient (Wildman–Crippen LogP) is 3.72. The third-order valence-electron chi connectivity index (χ3n) is 3.43. The minimum Gasteiger partial charge on any atom is -0.454 e. The highest BCUT2D eigenvalue weighted by Gasteiger charge is 2.19. The van der Waals surface area contributed by atoms with Crippen LogP contribution in [0.3, 0.4) is 0 Å². The second kappa shape index (κ2) is 4.96. The SMILES string of the molecule is Brc1ccc2c(c1C=Nc1ccc3c(c1)NCN3)OCO2. The van der Waals surface area contributed by atoms with Crippen molar-refractivity contribution in [3.63, 3.8) is 0 Å². The van der Waals surface area contributed by atoms with Crippen molar-refractivity contribution < 1.29 is 9.47 Å². The molecular weight excluding hydrogens is 334 g/mol. The molecule has 0 bridgehead atoms. The van der Waals surface area contributed by atoms with Crippen LogP contribution in [0.4, 0.5) is 17.1 Å². The van der Waals surface area contributed by atoms with Crippen LogP contribution in [0.1, 0.15) is 5.56 Å². The van der Waals surface area contributed by atoms with Gasteiger partial charge < -0.3 is 20.1 Å². The summed E-state index contributed by atoms with van der Waals surface area (Å²) in [5, 5.41) is 6.49.